The summed E-state index contributed by atoms with van der Waals surface area (Å²) in [5, 5.41) is 5.91. The number of anilines is 2. The number of amides is 2. The maximum absolute atomic E-state index is 12.1. The molecule has 144 valence electrons. The number of hydrogen-bond donors (Lipinski definition) is 2. The van der Waals surface area contributed by atoms with Crippen LogP contribution in [-0.4, -0.2) is 50.2 Å². The van der Waals surface area contributed by atoms with Crippen molar-refractivity contribution in [1.29, 1.82) is 0 Å². The third-order valence-electron chi connectivity index (χ3n) is 5.28. The van der Waals surface area contributed by atoms with E-state index in [1.165, 1.54) is 11.3 Å². The number of carbonyl (C=O) groups excluding carboxylic acids is 1. The van der Waals surface area contributed by atoms with Crippen LogP contribution in [0.5, 0.6) is 0 Å². The summed E-state index contributed by atoms with van der Waals surface area (Å²) in [5.74, 6) is 0. The molecule has 0 radical (unpaired) electrons. The Kier molecular flexibility index (Phi) is 6.71. The topological polar surface area (TPSA) is 47.6 Å². The average molecular weight is 367 g/mol. The first-order valence-corrected chi connectivity index (χ1v) is 9.77. The Morgan fingerprint density at radius 3 is 2.44 bits per heavy atom. The zero-order chi connectivity index (χ0) is 19.1. The Morgan fingerprint density at radius 1 is 0.963 bits per heavy atom. The molecule has 0 aromatic heterocycles. The van der Waals surface area contributed by atoms with E-state index in [2.05, 4.69) is 63.8 Å². The van der Waals surface area contributed by atoms with Crippen molar-refractivity contribution < 1.29 is 4.79 Å². The highest BCUT2D eigenvalue weighted by molar-refractivity contribution is 5.90. The minimum absolute atomic E-state index is 0.127. The maximum Gasteiger partial charge on any atom is 0.319 e. The van der Waals surface area contributed by atoms with Gasteiger partial charge in [0.05, 0.1) is 0 Å². The van der Waals surface area contributed by atoms with Crippen molar-refractivity contribution in [3.8, 4) is 0 Å². The predicted octanol–water partition coefficient (Wildman–Crippen LogP) is 3.64. The Morgan fingerprint density at radius 2 is 1.70 bits per heavy atom. The summed E-state index contributed by atoms with van der Waals surface area (Å²) in [7, 11) is 0. The zero-order valence-corrected chi connectivity index (χ0v) is 16.4. The number of hydrogen-bond acceptors (Lipinski definition) is 3. The Hall–Kier alpha value is -2.53. The molecule has 2 amide bonds. The molecule has 0 aliphatic carbocycles. The molecule has 27 heavy (non-hydrogen) atoms. The Labute approximate surface area is 162 Å². The van der Waals surface area contributed by atoms with Crippen LogP contribution in [0, 0.1) is 13.8 Å². The highest BCUT2D eigenvalue weighted by atomic mass is 16.2. The van der Waals surface area contributed by atoms with Crippen LogP contribution < -0.4 is 15.5 Å². The quantitative estimate of drug-likeness (QED) is 0.768. The fourth-order valence-electron chi connectivity index (χ4n) is 3.43. The van der Waals surface area contributed by atoms with Crippen LogP contribution >= 0.6 is 0 Å². The van der Waals surface area contributed by atoms with Crippen molar-refractivity contribution in [2.45, 2.75) is 20.3 Å². The van der Waals surface area contributed by atoms with Gasteiger partial charge in [0.2, 0.25) is 0 Å². The first kappa shape index (κ1) is 19.2. The minimum Gasteiger partial charge on any atom is -0.369 e. The van der Waals surface area contributed by atoms with Gasteiger partial charge in [0.25, 0.3) is 0 Å². The normalized spacial score (nSPS) is 14.8. The summed E-state index contributed by atoms with van der Waals surface area (Å²) in [4.78, 5) is 17.0. The van der Waals surface area contributed by atoms with Crippen molar-refractivity contribution in [2.24, 2.45) is 0 Å². The van der Waals surface area contributed by atoms with Crippen LogP contribution in [0.15, 0.2) is 48.5 Å². The van der Waals surface area contributed by atoms with Crippen molar-refractivity contribution in [2.75, 3.05) is 49.5 Å². The van der Waals surface area contributed by atoms with Gasteiger partial charge in [0.15, 0.2) is 0 Å². The summed E-state index contributed by atoms with van der Waals surface area (Å²) in [6.45, 7) is 10.1. The van der Waals surface area contributed by atoms with Crippen LogP contribution in [0.25, 0.3) is 0 Å². The second kappa shape index (κ2) is 9.42. The van der Waals surface area contributed by atoms with Gasteiger partial charge in [0, 0.05) is 44.1 Å². The third kappa shape index (κ3) is 5.47. The lowest BCUT2D eigenvalue weighted by molar-refractivity contribution is 0.244. The van der Waals surface area contributed by atoms with Crippen molar-refractivity contribution in [3.63, 3.8) is 0 Å². The summed E-state index contributed by atoms with van der Waals surface area (Å²) in [6, 6.07) is 16.4. The Balaban J connectivity index is 1.33. The maximum atomic E-state index is 12.1. The predicted molar refractivity (Wildman–Crippen MR) is 113 cm³/mol. The second-order valence-electron chi connectivity index (χ2n) is 7.15. The molecular formula is C22H30N4O. The molecule has 2 aromatic carbocycles. The second-order valence-corrected chi connectivity index (χ2v) is 7.15. The molecule has 1 aliphatic rings. The van der Waals surface area contributed by atoms with E-state index in [0.29, 0.717) is 6.54 Å². The van der Waals surface area contributed by atoms with E-state index < -0.39 is 0 Å². The minimum atomic E-state index is -0.127. The lowest BCUT2D eigenvalue weighted by atomic mass is 10.1. The van der Waals surface area contributed by atoms with Crippen LogP contribution in [0.3, 0.4) is 0 Å². The number of rotatable bonds is 6. The van der Waals surface area contributed by atoms with Crippen molar-refractivity contribution >= 4 is 17.4 Å². The van der Waals surface area contributed by atoms with Crippen LogP contribution in [0.1, 0.15) is 17.5 Å². The number of carbonyl (C=O) groups is 1. The summed E-state index contributed by atoms with van der Waals surface area (Å²) in [5.41, 5.74) is 4.48. The van der Waals surface area contributed by atoms with Gasteiger partial charge in [-0.25, -0.2) is 4.79 Å². The molecule has 1 heterocycles. The van der Waals surface area contributed by atoms with Crippen LogP contribution in [0.2, 0.25) is 0 Å². The van der Waals surface area contributed by atoms with E-state index in [4.69, 9.17) is 0 Å². The number of piperazine rings is 1. The fourth-order valence-corrected chi connectivity index (χ4v) is 3.43. The largest absolute Gasteiger partial charge is 0.369 e. The zero-order valence-electron chi connectivity index (χ0n) is 16.4. The first-order chi connectivity index (χ1) is 13.1. The number of nitrogens with one attached hydrogen (secondary N) is 2. The standard InChI is InChI=1S/C22H30N4O/c1-18-8-6-11-21(19(18)2)24-22(27)23-12-7-13-25-14-16-26(17-15-25)20-9-4-3-5-10-20/h3-6,8-11H,7,12-17H2,1-2H3,(H2,23,24,27). The van der Waals surface area contributed by atoms with Gasteiger partial charge >= 0.3 is 6.03 Å². The van der Waals surface area contributed by atoms with E-state index in [0.717, 1.165) is 50.4 Å². The number of para-hydroxylation sites is 1. The van der Waals surface area contributed by atoms with Gasteiger partial charge in [-0.15, -0.1) is 0 Å². The van der Waals surface area contributed by atoms with E-state index in [1.807, 2.05) is 19.1 Å². The summed E-state index contributed by atoms with van der Waals surface area (Å²) in [6.07, 6.45) is 0.964. The van der Waals surface area contributed by atoms with E-state index in [-0.39, 0.29) is 6.03 Å². The van der Waals surface area contributed by atoms with Gasteiger partial charge in [-0.1, -0.05) is 30.3 Å². The molecule has 1 saturated heterocycles. The SMILES string of the molecule is Cc1cccc(NC(=O)NCCCN2CCN(c3ccccc3)CC2)c1C. The number of benzene rings is 2. The van der Waals surface area contributed by atoms with E-state index in [9.17, 15) is 4.79 Å². The Bertz CT molecular complexity index is 739. The number of nitrogens with zero attached hydrogens (tertiary/aromatic N) is 2. The lowest BCUT2D eigenvalue weighted by Gasteiger charge is -2.36. The molecule has 0 bridgehead atoms. The van der Waals surface area contributed by atoms with Gasteiger partial charge in [0.1, 0.15) is 0 Å². The first-order valence-electron chi connectivity index (χ1n) is 9.77. The van der Waals surface area contributed by atoms with Crippen LogP contribution in [-0.2, 0) is 0 Å². The van der Waals surface area contributed by atoms with E-state index in [1.54, 1.807) is 0 Å². The van der Waals surface area contributed by atoms with Crippen molar-refractivity contribution in [3.05, 3.63) is 59.7 Å². The van der Waals surface area contributed by atoms with Gasteiger partial charge in [-0.3, -0.25) is 4.90 Å². The smallest absolute Gasteiger partial charge is 0.319 e. The van der Waals surface area contributed by atoms with Crippen molar-refractivity contribution in [1.82, 2.24) is 10.2 Å². The van der Waals surface area contributed by atoms with Gasteiger partial charge in [-0.05, 0) is 56.1 Å². The van der Waals surface area contributed by atoms with E-state index >= 15 is 0 Å². The highest BCUT2D eigenvalue weighted by Crippen LogP contribution is 2.18. The molecule has 2 N–H and O–H groups in total. The lowest BCUT2D eigenvalue weighted by Crippen LogP contribution is -2.47. The summed E-state index contributed by atoms with van der Waals surface area (Å²) >= 11 is 0. The van der Waals surface area contributed by atoms with Crippen LogP contribution in [0.4, 0.5) is 16.2 Å². The molecular weight excluding hydrogens is 336 g/mol. The average Bonchev–Trinajstić information content (AvgIpc) is 2.70. The summed E-state index contributed by atoms with van der Waals surface area (Å²) < 4.78 is 0. The monoisotopic (exact) mass is 366 g/mol. The van der Waals surface area contributed by atoms with Gasteiger partial charge in [-0.2, -0.15) is 0 Å². The molecule has 0 unspecified atom stereocenters. The molecule has 3 rings (SSSR count). The molecule has 0 spiro atoms. The molecule has 0 saturated carbocycles. The number of aryl methyl sites for hydroxylation is 1. The number of urea groups is 1. The molecule has 0 atom stereocenters. The molecule has 2 aromatic rings. The molecule has 5 heteroatoms. The molecule has 1 fully saturated rings. The fraction of sp³-hybridized carbons (Fsp3) is 0.409. The third-order valence-corrected chi connectivity index (χ3v) is 5.28. The highest BCUT2D eigenvalue weighted by Gasteiger charge is 2.16. The molecule has 1 aliphatic heterocycles. The molecule has 5 nitrogen and oxygen atoms in total. The van der Waals surface area contributed by atoms with Gasteiger partial charge < -0.3 is 15.5 Å².